The first-order valence-corrected chi connectivity index (χ1v) is 13.6. The molecule has 3 saturated carbocycles. The molecule has 3 aliphatic rings. The molecule has 3 fully saturated rings. The van der Waals surface area contributed by atoms with Crippen LogP contribution in [0.3, 0.4) is 0 Å². The Hall–Kier alpha value is -1.11. The molecule has 7 heteroatoms. The highest BCUT2D eigenvalue weighted by atomic mass is 32.2. The predicted molar refractivity (Wildman–Crippen MR) is 121 cm³/mol. The monoisotopic (exact) mass is 433 g/mol. The topological polar surface area (TPSA) is 63.9 Å². The molecule has 0 N–H and O–H groups in total. The highest BCUT2D eigenvalue weighted by Crippen LogP contribution is 2.31. The van der Waals surface area contributed by atoms with E-state index in [1.165, 1.54) is 96.3 Å². The van der Waals surface area contributed by atoms with Crippen LogP contribution in [0.2, 0.25) is 0 Å². The van der Waals surface area contributed by atoms with Gasteiger partial charge in [0.2, 0.25) is 5.91 Å². The second-order valence-electron chi connectivity index (χ2n) is 9.52. The maximum atomic E-state index is 13.3. The molecule has 0 bridgehead atoms. The lowest BCUT2D eigenvalue weighted by Crippen LogP contribution is -2.48. The van der Waals surface area contributed by atoms with Crippen LogP contribution in [-0.2, 0) is 10.5 Å². The maximum absolute atomic E-state index is 13.3. The quantitative estimate of drug-likeness (QED) is 0.521. The van der Waals surface area contributed by atoms with Gasteiger partial charge < -0.3 is 4.90 Å². The first-order chi connectivity index (χ1) is 14.8. The Morgan fingerprint density at radius 3 is 2.03 bits per heavy atom. The molecule has 4 rings (SSSR count). The van der Waals surface area contributed by atoms with Gasteiger partial charge in [0.25, 0.3) is 0 Å². The van der Waals surface area contributed by atoms with Crippen LogP contribution in [0.5, 0.6) is 0 Å². The summed E-state index contributed by atoms with van der Waals surface area (Å²) in [6, 6.07) is 1.47. The summed E-state index contributed by atoms with van der Waals surface area (Å²) in [5.74, 6) is 3.06. The number of nitrogens with zero attached hydrogens (tertiary/aromatic N) is 5. The van der Waals surface area contributed by atoms with E-state index >= 15 is 0 Å². The van der Waals surface area contributed by atoms with Gasteiger partial charge in [0.05, 0.1) is 11.8 Å². The number of carbonyl (C=O) groups is 1. The molecule has 30 heavy (non-hydrogen) atoms. The lowest BCUT2D eigenvalue weighted by Gasteiger charge is -2.42. The van der Waals surface area contributed by atoms with Crippen LogP contribution in [0.4, 0.5) is 0 Å². The largest absolute Gasteiger partial charge is 0.337 e. The van der Waals surface area contributed by atoms with Crippen molar-refractivity contribution in [2.45, 2.75) is 127 Å². The molecule has 1 aromatic rings. The summed E-state index contributed by atoms with van der Waals surface area (Å²) in [7, 11) is 0. The fourth-order valence-corrected chi connectivity index (χ4v) is 6.63. The average molecular weight is 434 g/mol. The van der Waals surface area contributed by atoms with Gasteiger partial charge in [0.1, 0.15) is 0 Å². The van der Waals surface area contributed by atoms with Gasteiger partial charge in [-0.3, -0.25) is 4.79 Å². The Balaban J connectivity index is 1.28. The number of thioether (sulfide) groups is 1. The van der Waals surface area contributed by atoms with Crippen molar-refractivity contribution < 1.29 is 4.79 Å². The maximum Gasteiger partial charge on any atom is 0.223 e. The normalized spacial score (nSPS) is 22.3. The number of aromatic nitrogens is 4. The fraction of sp³-hybridized carbons (Fsp3) is 0.913. The first kappa shape index (κ1) is 22.1. The second kappa shape index (κ2) is 11.5. The van der Waals surface area contributed by atoms with Gasteiger partial charge in [-0.1, -0.05) is 57.8 Å². The fourth-order valence-electron chi connectivity index (χ4n) is 5.79. The zero-order valence-electron chi connectivity index (χ0n) is 18.5. The van der Waals surface area contributed by atoms with Crippen molar-refractivity contribution in [2.24, 2.45) is 0 Å². The zero-order chi connectivity index (χ0) is 20.6. The van der Waals surface area contributed by atoms with Gasteiger partial charge in [-0.25, -0.2) is 4.68 Å². The van der Waals surface area contributed by atoms with Crippen LogP contribution >= 0.6 is 11.8 Å². The number of amides is 1. The average Bonchev–Trinajstić information content (AvgIpc) is 3.28. The number of carbonyl (C=O) groups excluding carboxylic acids is 1. The molecule has 0 radical (unpaired) electrons. The van der Waals surface area contributed by atoms with Crippen LogP contribution in [0.15, 0.2) is 0 Å². The van der Waals surface area contributed by atoms with Crippen LogP contribution in [0.1, 0.15) is 115 Å². The molecule has 1 amide bonds. The van der Waals surface area contributed by atoms with Crippen LogP contribution in [0.25, 0.3) is 0 Å². The number of rotatable bonds is 8. The number of hydrogen-bond acceptors (Lipinski definition) is 5. The van der Waals surface area contributed by atoms with E-state index < -0.39 is 0 Å². The molecule has 6 nitrogen and oxygen atoms in total. The Kier molecular flexibility index (Phi) is 8.46. The van der Waals surface area contributed by atoms with E-state index in [4.69, 9.17) is 0 Å². The van der Waals surface area contributed by atoms with Gasteiger partial charge >= 0.3 is 0 Å². The van der Waals surface area contributed by atoms with Crippen molar-refractivity contribution in [1.82, 2.24) is 25.1 Å². The molecular weight excluding hydrogens is 394 g/mol. The zero-order valence-corrected chi connectivity index (χ0v) is 19.3. The smallest absolute Gasteiger partial charge is 0.223 e. The summed E-state index contributed by atoms with van der Waals surface area (Å²) in [5, 5.41) is 12.5. The number of tetrazole rings is 1. The van der Waals surface area contributed by atoms with Crippen molar-refractivity contribution in [2.75, 3.05) is 5.75 Å². The van der Waals surface area contributed by atoms with Crippen molar-refractivity contribution >= 4 is 17.7 Å². The lowest BCUT2D eigenvalue weighted by molar-refractivity contribution is -0.137. The van der Waals surface area contributed by atoms with Crippen molar-refractivity contribution in [1.29, 1.82) is 0 Å². The molecule has 1 aromatic heterocycles. The molecule has 0 spiro atoms. The first-order valence-electron chi connectivity index (χ1n) is 12.5. The van der Waals surface area contributed by atoms with E-state index in [0.29, 0.717) is 30.5 Å². The van der Waals surface area contributed by atoms with Gasteiger partial charge in [0.15, 0.2) is 5.82 Å². The summed E-state index contributed by atoms with van der Waals surface area (Å²) in [4.78, 5) is 15.6. The Morgan fingerprint density at radius 2 is 1.43 bits per heavy atom. The minimum atomic E-state index is 0.396. The molecule has 0 aromatic carbocycles. The molecule has 1 heterocycles. The minimum Gasteiger partial charge on any atom is -0.337 e. The Morgan fingerprint density at radius 1 is 0.867 bits per heavy atom. The Bertz CT molecular complexity index is 630. The second-order valence-corrected chi connectivity index (χ2v) is 10.6. The molecule has 0 aliphatic heterocycles. The summed E-state index contributed by atoms with van der Waals surface area (Å²) >= 11 is 1.82. The van der Waals surface area contributed by atoms with E-state index in [9.17, 15) is 4.79 Å². The molecule has 3 aliphatic carbocycles. The van der Waals surface area contributed by atoms with E-state index in [2.05, 4.69) is 25.1 Å². The molecular formula is C23H39N5OS. The SMILES string of the molecule is O=C(CCSCc1nnnn1C1CCCCC1)N(C1CCCCC1)C1CCCCC1. The summed E-state index contributed by atoms with van der Waals surface area (Å²) in [5.41, 5.74) is 0. The third-order valence-electron chi connectivity index (χ3n) is 7.40. The Labute approximate surface area is 185 Å². The number of hydrogen-bond donors (Lipinski definition) is 0. The van der Waals surface area contributed by atoms with Crippen molar-refractivity contribution in [3.05, 3.63) is 5.82 Å². The van der Waals surface area contributed by atoms with Crippen LogP contribution < -0.4 is 0 Å². The molecule has 0 saturated heterocycles. The van der Waals surface area contributed by atoms with Crippen molar-refractivity contribution in [3.8, 4) is 0 Å². The van der Waals surface area contributed by atoms with Gasteiger partial charge in [0, 0.05) is 24.3 Å². The van der Waals surface area contributed by atoms with Gasteiger partial charge in [-0.05, 0) is 49.0 Å². The van der Waals surface area contributed by atoms with E-state index in [1.807, 2.05) is 11.8 Å². The van der Waals surface area contributed by atoms with Gasteiger partial charge in [-0.2, -0.15) is 11.8 Å². The molecule has 0 unspecified atom stereocenters. The standard InChI is InChI=1S/C23H39N5OS/c29-23(27(19-10-4-1-5-11-19)20-12-6-2-7-13-20)16-17-30-18-22-24-25-26-28(22)21-14-8-3-9-15-21/h19-21H,1-18H2. The highest BCUT2D eigenvalue weighted by Gasteiger charge is 2.32. The summed E-state index contributed by atoms with van der Waals surface area (Å²) < 4.78 is 2.06. The highest BCUT2D eigenvalue weighted by molar-refractivity contribution is 7.98. The summed E-state index contributed by atoms with van der Waals surface area (Å²) in [6.45, 7) is 0. The van der Waals surface area contributed by atoms with Crippen LogP contribution in [0, 0.1) is 0 Å². The lowest BCUT2D eigenvalue weighted by atomic mass is 9.88. The minimum absolute atomic E-state index is 0.396. The third-order valence-corrected chi connectivity index (χ3v) is 8.35. The van der Waals surface area contributed by atoms with E-state index in [1.54, 1.807) is 0 Å². The third kappa shape index (κ3) is 5.77. The van der Waals surface area contributed by atoms with Crippen LogP contribution in [-0.4, -0.2) is 48.9 Å². The predicted octanol–water partition coefficient (Wildman–Crippen LogP) is 5.30. The van der Waals surface area contributed by atoms with E-state index in [-0.39, 0.29) is 0 Å². The molecule has 168 valence electrons. The van der Waals surface area contributed by atoms with Gasteiger partial charge in [-0.15, -0.1) is 5.10 Å². The summed E-state index contributed by atoms with van der Waals surface area (Å²) in [6.07, 6.45) is 19.6. The van der Waals surface area contributed by atoms with Crippen molar-refractivity contribution in [3.63, 3.8) is 0 Å². The van der Waals surface area contributed by atoms with E-state index in [0.717, 1.165) is 17.3 Å². The molecule has 0 atom stereocenters.